The highest BCUT2D eigenvalue weighted by Crippen LogP contribution is 2.24. The van der Waals surface area contributed by atoms with E-state index in [-0.39, 0.29) is 5.78 Å². The molecule has 0 bridgehead atoms. The van der Waals surface area contributed by atoms with Crippen molar-refractivity contribution < 1.29 is 4.79 Å². The number of hydrogen-bond acceptors (Lipinski definition) is 5. The highest BCUT2D eigenvalue weighted by atomic mass is 35.5. The van der Waals surface area contributed by atoms with Gasteiger partial charge >= 0.3 is 0 Å². The minimum Gasteiger partial charge on any atom is -0.362 e. The largest absolute Gasteiger partial charge is 0.362 e. The molecule has 2 aromatic rings. The molecule has 0 fully saturated rings. The Kier molecular flexibility index (Phi) is 6.17. The number of carbonyl (C=O) groups is 1. The maximum atomic E-state index is 12.3. The predicted octanol–water partition coefficient (Wildman–Crippen LogP) is 3.57. The van der Waals surface area contributed by atoms with Crippen LogP contribution in [0.2, 0.25) is 5.02 Å². The third-order valence-electron chi connectivity index (χ3n) is 3.01. The molecule has 2 rings (SSSR count). The Bertz CT molecular complexity index is 600. The first kappa shape index (κ1) is 15.9. The van der Waals surface area contributed by atoms with E-state index in [9.17, 15) is 4.79 Å². The van der Waals surface area contributed by atoms with Crippen LogP contribution in [0.4, 0.5) is 5.13 Å². The van der Waals surface area contributed by atoms with Crippen LogP contribution in [-0.4, -0.2) is 23.9 Å². The standard InChI is InChI=1S/C15H18ClN3OS/c16-12-7-3-2-6-11(12)14(20)13-10-19-15(21-13)18-9-5-1-4-8-17/h2-3,6-7,10H,1,4-5,8-9,17H2,(H,18,19). The molecule has 0 aliphatic carbocycles. The zero-order chi connectivity index (χ0) is 15.1. The highest BCUT2D eigenvalue weighted by molar-refractivity contribution is 7.17. The van der Waals surface area contributed by atoms with E-state index in [4.69, 9.17) is 17.3 Å². The fourth-order valence-electron chi connectivity index (χ4n) is 1.88. The molecule has 0 atom stereocenters. The van der Waals surface area contributed by atoms with E-state index in [0.29, 0.717) is 15.5 Å². The summed E-state index contributed by atoms with van der Waals surface area (Å²) >= 11 is 7.40. The Balaban J connectivity index is 1.93. The van der Waals surface area contributed by atoms with E-state index in [1.807, 2.05) is 0 Å². The van der Waals surface area contributed by atoms with Gasteiger partial charge in [0, 0.05) is 12.1 Å². The Morgan fingerprint density at radius 1 is 1.29 bits per heavy atom. The quantitative estimate of drug-likeness (QED) is 0.575. The number of nitrogens with one attached hydrogen (secondary N) is 1. The second-order valence-electron chi connectivity index (χ2n) is 4.61. The van der Waals surface area contributed by atoms with Gasteiger partial charge in [0.25, 0.3) is 0 Å². The Hall–Kier alpha value is -1.43. The molecule has 0 radical (unpaired) electrons. The number of ketones is 1. The zero-order valence-corrected chi connectivity index (χ0v) is 13.2. The third-order valence-corrected chi connectivity index (χ3v) is 4.29. The summed E-state index contributed by atoms with van der Waals surface area (Å²) in [5, 5.41) is 4.45. The van der Waals surface area contributed by atoms with Crippen molar-refractivity contribution in [3.05, 3.63) is 45.9 Å². The number of halogens is 1. The van der Waals surface area contributed by atoms with Gasteiger partial charge in [0.1, 0.15) is 0 Å². The molecule has 1 aromatic heterocycles. The maximum Gasteiger partial charge on any atom is 0.206 e. The minimum atomic E-state index is -0.0886. The number of nitrogens with zero attached hydrogens (tertiary/aromatic N) is 1. The SMILES string of the molecule is NCCCCCNc1ncc(C(=O)c2ccccc2Cl)s1. The lowest BCUT2D eigenvalue weighted by Gasteiger charge is -2.01. The number of benzene rings is 1. The molecule has 0 saturated carbocycles. The van der Waals surface area contributed by atoms with E-state index < -0.39 is 0 Å². The van der Waals surface area contributed by atoms with Crippen LogP contribution in [-0.2, 0) is 0 Å². The number of hydrogen-bond donors (Lipinski definition) is 2. The average molecular weight is 324 g/mol. The van der Waals surface area contributed by atoms with Crippen molar-refractivity contribution in [1.29, 1.82) is 0 Å². The lowest BCUT2D eigenvalue weighted by atomic mass is 10.1. The number of rotatable bonds is 8. The van der Waals surface area contributed by atoms with Gasteiger partial charge in [-0.25, -0.2) is 4.98 Å². The van der Waals surface area contributed by atoms with Crippen LogP contribution in [0.5, 0.6) is 0 Å². The van der Waals surface area contributed by atoms with Crippen LogP contribution >= 0.6 is 22.9 Å². The molecule has 0 aliphatic heterocycles. The fourth-order valence-corrected chi connectivity index (χ4v) is 2.90. The Morgan fingerprint density at radius 3 is 2.86 bits per heavy atom. The summed E-state index contributed by atoms with van der Waals surface area (Å²) in [5.41, 5.74) is 5.96. The van der Waals surface area contributed by atoms with Crippen LogP contribution in [0.1, 0.15) is 34.5 Å². The van der Waals surface area contributed by atoms with Gasteiger partial charge in [0.2, 0.25) is 5.78 Å². The Morgan fingerprint density at radius 2 is 2.10 bits per heavy atom. The van der Waals surface area contributed by atoms with Crippen molar-refractivity contribution in [3.8, 4) is 0 Å². The van der Waals surface area contributed by atoms with E-state index >= 15 is 0 Å². The summed E-state index contributed by atoms with van der Waals surface area (Å²) in [6, 6.07) is 7.05. The zero-order valence-electron chi connectivity index (χ0n) is 11.6. The second kappa shape index (κ2) is 8.12. The molecule has 3 N–H and O–H groups in total. The molecule has 0 amide bonds. The van der Waals surface area contributed by atoms with Crippen molar-refractivity contribution in [1.82, 2.24) is 4.98 Å². The first-order valence-corrected chi connectivity index (χ1v) is 8.11. The van der Waals surface area contributed by atoms with Crippen LogP contribution in [0.3, 0.4) is 0 Å². The molecule has 0 aliphatic rings. The molecule has 112 valence electrons. The summed E-state index contributed by atoms with van der Waals surface area (Å²) < 4.78 is 0. The number of nitrogens with two attached hydrogens (primary N) is 1. The number of carbonyl (C=O) groups excluding carboxylic acids is 1. The molecule has 21 heavy (non-hydrogen) atoms. The number of thiazole rings is 1. The Labute approximate surface area is 133 Å². The number of unbranched alkanes of at least 4 members (excludes halogenated alkanes) is 2. The van der Waals surface area contributed by atoms with E-state index in [2.05, 4.69) is 10.3 Å². The van der Waals surface area contributed by atoms with Gasteiger partial charge in [-0.3, -0.25) is 4.79 Å². The molecule has 6 heteroatoms. The molecular weight excluding hydrogens is 306 g/mol. The van der Waals surface area contributed by atoms with Gasteiger partial charge in [0.05, 0.1) is 16.1 Å². The van der Waals surface area contributed by atoms with Crippen molar-refractivity contribution in [3.63, 3.8) is 0 Å². The maximum absolute atomic E-state index is 12.3. The fraction of sp³-hybridized carbons (Fsp3) is 0.333. The minimum absolute atomic E-state index is 0.0886. The average Bonchev–Trinajstić information content (AvgIpc) is 2.96. The number of aromatic nitrogens is 1. The van der Waals surface area contributed by atoms with E-state index in [0.717, 1.165) is 37.5 Å². The van der Waals surface area contributed by atoms with Crippen molar-refractivity contribution in [2.24, 2.45) is 5.73 Å². The molecule has 1 heterocycles. The molecular formula is C15H18ClN3OS. The molecule has 0 unspecified atom stereocenters. The van der Waals surface area contributed by atoms with Crippen LogP contribution in [0.25, 0.3) is 0 Å². The van der Waals surface area contributed by atoms with Gasteiger partial charge in [-0.2, -0.15) is 0 Å². The van der Waals surface area contributed by atoms with Gasteiger partial charge in [0.15, 0.2) is 5.13 Å². The van der Waals surface area contributed by atoms with Gasteiger partial charge < -0.3 is 11.1 Å². The number of anilines is 1. The summed E-state index contributed by atoms with van der Waals surface area (Å²) in [6.45, 7) is 1.57. The lowest BCUT2D eigenvalue weighted by molar-refractivity contribution is 0.104. The van der Waals surface area contributed by atoms with Crippen molar-refractivity contribution in [2.75, 3.05) is 18.4 Å². The van der Waals surface area contributed by atoms with E-state index in [1.165, 1.54) is 11.3 Å². The normalized spacial score (nSPS) is 10.6. The molecule has 0 saturated heterocycles. The summed E-state index contributed by atoms with van der Waals surface area (Å²) in [4.78, 5) is 17.2. The molecule has 1 aromatic carbocycles. The van der Waals surface area contributed by atoms with Crippen LogP contribution in [0.15, 0.2) is 30.5 Å². The topological polar surface area (TPSA) is 68.0 Å². The van der Waals surface area contributed by atoms with Crippen LogP contribution in [0, 0.1) is 0 Å². The smallest absolute Gasteiger partial charge is 0.206 e. The summed E-state index contributed by atoms with van der Waals surface area (Å²) in [5.74, 6) is -0.0886. The lowest BCUT2D eigenvalue weighted by Crippen LogP contribution is -2.03. The summed E-state index contributed by atoms with van der Waals surface area (Å²) in [7, 11) is 0. The highest BCUT2D eigenvalue weighted by Gasteiger charge is 2.15. The van der Waals surface area contributed by atoms with Gasteiger partial charge in [-0.15, -0.1) is 0 Å². The van der Waals surface area contributed by atoms with Gasteiger partial charge in [-0.05, 0) is 31.5 Å². The van der Waals surface area contributed by atoms with Crippen LogP contribution < -0.4 is 11.1 Å². The molecule has 4 nitrogen and oxygen atoms in total. The van der Waals surface area contributed by atoms with E-state index in [1.54, 1.807) is 30.5 Å². The first-order valence-electron chi connectivity index (χ1n) is 6.91. The monoisotopic (exact) mass is 323 g/mol. The van der Waals surface area contributed by atoms with Crippen molar-refractivity contribution in [2.45, 2.75) is 19.3 Å². The third kappa shape index (κ3) is 4.52. The van der Waals surface area contributed by atoms with Crippen molar-refractivity contribution >= 4 is 33.9 Å². The van der Waals surface area contributed by atoms with Gasteiger partial charge in [-0.1, -0.05) is 41.5 Å². The summed E-state index contributed by atoms with van der Waals surface area (Å²) in [6.07, 6.45) is 4.78. The second-order valence-corrected chi connectivity index (χ2v) is 6.05. The predicted molar refractivity (Wildman–Crippen MR) is 88.4 cm³/mol. The first-order chi connectivity index (χ1) is 10.2. The molecule has 0 spiro atoms.